The summed E-state index contributed by atoms with van der Waals surface area (Å²) in [5, 5.41) is 22.3. The molecule has 0 spiro atoms. The van der Waals surface area contributed by atoms with Crippen LogP contribution in [0.1, 0.15) is 31.1 Å². The molecule has 0 bridgehead atoms. The van der Waals surface area contributed by atoms with Crippen LogP contribution in [0.3, 0.4) is 0 Å². The van der Waals surface area contributed by atoms with Crippen LogP contribution in [0, 0.1) is 5.82 Å². The van der Waals surface area contributed by atoms with E-state index in [-0.39, 0.29) is 12.0 Å². The molecule has 7 heteroatoms. The maximum Gasteiger partial charge on any atom is 0.488 e. The molecular weight excluding hydrogens is 260 g/mol. The van der Waals surface area contributed by atoms with Crippen molar-refractivity contribution in [2.24, 2.45) is 0 Å². The van der Waals surface area contributed by atoms with Gasteiger partial charge in [0.25, 0.3) is 0 Å². The topological polar surface area (TPSA) is 71.2 Å². The van der Waals surface area contributed by atoms with Crippen molar-refractivity contribution >= 4 is 12.6 Å². The average Bonchev–Trinajstić information content (AvgIpc) is 2.83. The molecule has 1 aromatic carbocycles. The van der Waals surface area contributed by atoms with Gasteiger partial charge in [-0.05, 0) is 11.5 Å². The molecule has 5 nitrogen and oxygen atoms in total. The Labute approximate surface area is 117 Å². The number of nitrogens with zero attached hydrogens (tertiary/aromatic N) is 3. The van der Waals surface area contributed by atoms with Crippen molar-refractivity contribution in [3.63, 3.8) is 0 Å². The van der Waals surface area contributed by atoms with Crippen molar-refractivity contribution in [3.05, 3.63) is 41.2 Å². The summed E-state index contributed by atoms with van der Waals surface area (Å²) in [4.78, 5) is 4.37. The van der Waals surface area contributed by atoms with Gasteiger partial charge in [0.05, 0.1) is 6.54 Å². The van der Waals surface area contributed by atoms with Crippen LogP contribution in [-0.2, 0) is 19.4 Å². The standard InChI is InChI=1S/C13H17BFN3O2/c1-3-12-16-13(4-2)18(17-12)8-9-5-6-10(14(19)20)7-11(9)15/h5-7,19-20H,3-4,8H2,1-2H3. The lowest BCUT2D eigenvalue weighted by Gasteiger charge is -2.07. The predicted octanol–water partition coefficient (Wildman–Crippen LogP) is 0.270. The van der Waals surface area contributed by atoms with Crippen molar-refractivity contribution in [2.45, 2.75) is 33.2 Å². The highest BCUT2D eigenvalue weighted by atomic mass is 19.1. The lowest BCUT2D eigenvalue weighted by Crippen LogP contribution is -2.30. The number of hydrogen-bond donors (Lipinski definition) is 2. The summed E-state index contributed by atoms with van der Waals surface area (Å²) in [6.45, 7) is 4.22. The zero-order valence-corrected chi connectivity index (χ0v) is 11.5. The smallest absolute Gasteiger partial charge is 0.423 e. The predicted molar refractivity (Wildman–Crippen MR) is 74.1 cm³/mol. The Kier molecular flexibility index (Phi) is 4.51. The number of benzene rings is 1. The van der Waals surface area contributed by atoms with Gasteiger partial charge in [-0.15, -0.1) is 0 Å². The molecule has 0 fully saturated rings. The molecule has 0 saturated heterocycles. The van der Waals surface area contributed by atoms with E-state index in [2.05, 4.69) is 10.1 Å². The largest absolute Gasteiger partial charge is 0.488 e. The minimum Gasteiger partial charge on any atom is -0.423 e. The van der Waals surface area contributed by atoms with Crippen molar-refractivity contribution in [2.75, 3.05) is 0 Å². The van der Waals surface area contributed by atoms with E-state index in [4.69, 9.17) is 10.0 Å². The first-order chi connectivity index (χ1) is 9.55. The summed E-state index contributed by atoms with van der Waals surface area (Å²) < 4.78 is 15.6. The molecule has 0 unspecified atom stereocenters. The first kappa shape index (κ1) is 14.7. The highest BCUT2D eigenvalue weighted by Gasteiger charge is 2.15. The first-order valence-electron chi connectivity index (χ1n) is 6.62. The van der Waals surface area contributed by atoms with Gasteiger partial charge in [-0.2, -0.15) is 5.10 Å². The Morgan fingerprint density at radius 2 is 2.00 bits per heavy atom. The van der Waals surface area contributed by atoms with Gasteiger partial charge in [-0.25, -0.2) is 14.1 Å². The van der Waals surface area contributed by atoms with Gasteiger partial charge >= 0.3 is 7.12 Å². The van der Waals surface area contributed by atoms with Crippen LogP contribution in [0.25, 0.3) is 0 Å². The second kappa shape index (κ2) is 6.15. The van der Waals surface area contributed by atoms with Crippen LogP contribution in [0.5, 0.6) is 0 Å². The van der Waals surface area contributed by atoms with E-state index < -0.39 is 12.9 Å². The number of aryl methyl sites for hydroxylation is 2. The van der Waals surface area contributed by atoms with E-state index >= 15 is 0 Å². The molecule has 0 atom stereocenters. The zero-order valence-electron chi connectivity index (χ0n) is 11.5. The minimum absolute atomic E-state index is 0.134. The Morgan fingerprint density at radius 1 is 1.25 bits per heavy atom. The van der Waals surface area contributed by atoms with Crippen LogP contribution < -0.4 is 5.46 Å². The Hall–Kier alpha value is -1.73. The van der Waals surface area contributed by atoms with Crippen LogP contribution in [0.15, 0.2) is 18.2 Å². The van der Waals surface area contributed by atoms with Crippen LogP contribution in [-0.4, -0.2) is 31.9 Å². The molecule has 0 aliphatic rings. The molecule has 0 radical (unpaired) electrons. The molecule has 20 heavy (non-hydrogen) atoms. The summed E-state index contributed by atoms with van der Waals surface area (Å²) in [5.41, 5.74) is 0.575. The van der Waals surface area contributed by atoms with E-state index in [0.29, 0.717) is 5.56 Å². The maximum atomic E-state index is 13.9. The fraction of sp³-hybridized carbons (Fsp3) is 0.385. The van der Waals surface area contributed by atoms with E-state index in [1.54, 1.807) is 4.68 Å². The van der Waals surface area contributed by atoms with Crippen molar-refractivity contribution < 1.29 is 14.4 Å². The van der Waals surface area contributed by atoms with Gasteiger partial charge in [0.1, 0.15) is 11.6 Å². The van der Waals surface area contributed by atoms with Crippen LogP contribution in [0.4, 0.5) is 4.39 Å². The molecule has 106 valence electrons. The molecule has 1 heterocycles. The molecule has 2 aromatic rings. The highest BCUT2D eigenvalue weighted by Crippen LogP contribution is 2.10. The minimum atomic E-state index is -1.66. The third-order valence-electron chi connectivity index (χ3n) is 3.12. The number of halogens is 1. The fourth-order valence-electron chi connectivity index (χ4n) is 1.98. The normalized spacial score (nSPS) is 10.8. The van der Waals surface area contributed by atoms with Crippen LogP contribution in [0.2, 0.25) is 0 Å². The Morgan fingerprint density at radius 3 is 2.55 bits per heavy atom. The summed E-state index contributed by atoms with van der Waals surface area (Å²) in [5.74, 6) is 1.07. The van der Waals surface area contributed by atoms with E-state index in [1.165, 1.54) is 12.1 Å². The van der Waals surface area contributed by atoms with Crippen molar-refractivity contribution in [1.82, 2.24) is 14.8 Å². The second-order valence-electron chi connectivity index (χ2n) is 4.53. The van der Waals surface area contributed by atoms with Crippen molar-refractivity contribution in [1.29, 1.82) is 0 Å². The molecule has 0 amide bonds. The molecule has 0 aliphatic heterocycles. The van der Waals surface area contributed by atoms with Gasteiger partial charge in [0.15, 0.2) is 5.82 Å². The number of hydrogen-bond acceptors (Lipinski definition) is 4. The Bertz CT molecular complexity index is 601. The summed E-state index contributed by atoms with van der Waals surface area (Å²) in [6, 6.07) is 4.16. The highest BCUT2D eigenvalue weighted by molar-refractivity contribution is 6.58. The Balaban J connectivity index is 2.28. The van der Waals surface area contributed by atoms with Gasteiger partial charge < -0.3 is 10.0 Å². The molecule has 2 N–H and O–H groups in total. The SMILES string of the molecule is CCc1nc(CC)n(Cc2ccc(B(O)O)cc2F)n1. The second-order valence-corrected chi connectivity index (χ2v) is 4.53. The van der Waals surface area contributed by atoms with Gasteiger partial charge in [-0.3, -0.25) is 0 Å². The lowest BCUT2D eigenvalue weighted by molar-refractivity contribution is 0.425. The average molecular weight is 277 g/mol. The molecule has 1 aromatic heterocycles. The number of rotatable bonds is 5. The third kappa shape index (κ3) is 3.05. The van der Waals surface area contributed by atoms with Gasteiger partial charge in [0.2, 0.25) is 0 Å². The molecule has 0 aliphatic carbocycles. The van der Waals surface area contributed by atoms with E-state index in [0.717, 1.165) is 30.6 Å². The van der Waals surface area contributed by atoms with Gasteiger partial charge in [0, 0.05) is 18.4 Å². The molecule has 2 rings (SSSR count). The fourth-order valence-corrected chi connectivity index (χ4v) is 1.98. The zero-order chi connectivity index (χ0) is 14.7. The van der Waals surface area contributed by atoms with E-state index in [1.807, 2.05) is 13.8 Å². The third-order valence-corrected chi connectivity index (χ3v) is 3.12. The summed E-state index contributed by atoms with van der Waals surface area (Å²) in [6.07, 6.45) is 1.46. The van der Waals surface area contributed by atoms with Crippen molar-refractivity contribution in [3.8, 4) is 0 Å². The summed E-state index contributed by atoms with van der Waals surface area (Å²) in [7, 11) is -1.66. The quantitative estimate of drug-likeness (QED) is 0.770. The molecular formula is C13H17BFN3O2. The van der Waals surface area contributed by atoms with Crippen LogP contribution >= 0.6 is 0 Å². The number of aromatic nitrogens is 3. The van der Waals surface area contributed by atoms with Gasteiger partial charge in [-0.1, -0.05) is 26.0 Å². The molecule has 0 saturated carbocycles. The monoisotopic (exact) mass is 277 g/mol. The van der Waals surface area contributed by atoms with E-state index in [9.17, 15) is 4.39 Å². The first-order valence-corrected chi connectivity index (χ1v) is 6.62. The summed E-state index contributed by atoms with van der Waals surface area (Å²) >= 11 is 0. The lowest BCUT2D eigenvalue weighted by atomic mass is 9.80. The maximum absolute atomic E-state index is 13.9.